The van der Waals surface area contributed by atoms with Crippen molar-refractivity contribution in [3.05, 3.63) is 23.8 Å². The number of nitrogens with zero attached hydrogens (tertiary/aromatic N) is 2. The predicted octanol–water partition coefficient (Wildman–Crippen LogP) is 1.46. The summed E-state index contributed by atoms with van der Waals surface area (Å²) < 4.78 is 10.5. The fraction of sp³-hybridized carbons (Fsp3) is 0.529. The fourth-order valence-corrected chi connectivity index (χ4v) is 2.27. The normalized spacial score (nSPS) is 10.5. The van der Waals surface area contributed by atoms with E-state index in [-0.39, 0.29) is 18.9 Å². The summed E-state index contributed by atoms with van der Waals surface area (Å²) in [6.07, 6.45) is 0.0194. The minimum absolute atomic E-state index is 0.0194. The lowest BCUT2D eigenvalue weighted by molar-refractivity contribution is -0.138. The molecule has 0 atom stereocenters. The van der Waals surface area contributed by atoms with Gasteiger partial charge in [0, 0.05) is 19.6 Å². The molecule has 0 spiro atoms. The number of carboxylic acid groups (broad SMARTS) is 1. The Balaban J connectivity index is 2.69. The number of methoxy groups -OCH3 is 2. The summed E-state index contributed by atoms with van der Waals surface area (Å²) in [5.74, 6) is 0.355. The Morgan fingerprint density at radius 2 is 1.83 bits per heavy atom. The van der Waals surface area contributed by atoms with Crippen LogP contribution >= 0.6 is 0 Å². The van der Waals surface area contributed by atoms with Crippen LogP contribution < -0.4 is 9.47 Å². The van der Waals surface area contributed by atoms with Crippen LogP contribution in [0.1, 0.15) is 18.9 Å². The Kier molecular flexibility index (Phi) is 8.05. The zero-order valence-corrected chi connectivity index (χ0v) is 14.7. The Morgan fingerprint density at radius 1 is 1.17 bits per heavy atom. The molecule has 0 saturated heterocycles. The lowest BCUT2D eigenvalue weighted by Crippen LogP contribution is -2.39. The van der Waals surface area contributed by atoms with E-state index in [0.29, 0.717) is 31.1 Å². The highest BCUT2D eigenvalue weighted by atomic mass is 16.5. The van der Waals surface area contributed by atoms with Crippen LogP contribution in [0.4, 0.5) is 0 Å². The topological polar surface area (TPSA) is 79.3 Å². The molecule has 7 nitrogen and oxygen atoms in total. The second-order valence-corrected chi connectivity index (χ2v) is 5.48. The molecule has 0 bridgehead atoms. The molecule has 24 heavy (non-hydrogen) atoms. The van der Waals surface area contributed by atoms with Crippen molar-refractivity contribution in [2.75, 3.05) is 40.9 Å². The first-order valence-electron chi connectivity index (χ1n) is 7.80. The van der Waals surface area contributed by atoms with Gasteiger partial charge in [-0.1, -0.05) is 6.07 Å². The average Bonchev–Trinajstić information content (AvgIpc) is 2.57. The van der Waals surface area contributed by atoms with Gasteiger partial charge in [-0.15, -0.1) is 0 Å². The molecule has 7 heteroatoms. The summed E-state index contributed by atoms with van der Waals surface area (Å²) >= 11 is 0. The molecule has 1 aromatic carbocycles. The Hall–Kier alpha value is -2.28. The molecule has 0 saturated carbocycles. The van der Waals surface area contributed by atoms with Gasteiger partial charge in [0.15, 0.2) is 11.5 Å². The number of hydrogen-bond acceptors (Lipinski definition) is 5. The van der Waals surface area contributed by atoms with Crippen LogP contribution in [0.5, 0.6) is 11.5 Å². The van der Waals surface area contributed by atoms with Gasteiger partial charge in [0.2, 0.25) is 5.91 Å². The second-order valence-electron chi connectivity index (χ2n) is 5.48. The van der Waals surface area contributed by atoms with Gasteiger partial charge in [-0.3, -0.25) is 14.5 Å². The van der Waals surface area contributed by atoms with Crippen molar-refractivity contribution in [1.29, 1.82) is 0 Å². The number of benzene rings is 1. The fourth-order valence-electron chi connectivity index (χ4n) is 2.27. The molecule has 0 aliphatic rings. The second kappa shape index (κ2) is 9.77. The summed E-state index contributed by atoms with van der Waals surface area (Å²) in [7, 11) is 4.89. The van der Waals surface area contributed by atoms with Crippen molar-refractivity contribution in [1.82, 2.24) is 9.80 Å². The Bertz CT molecular complexity index is 562. The summed E-state index contributed by atoms with van der Waals surface area (Å²) in [6.45, 7) is 3.47. The van der Waals surface area contributed by atoms with Crippen LogP contribution in [0.3, 0.4) is 0 Å². The van der Waals surface area contributed by atoms with E-state index >= 15 is 0 Å². The summed E-state index contributed by atoms with van der Waals surface area (Å²) in [6, 6.07) is 5.56. The lowest BCUT2D eigenvalue weighted by Gasteiger charge is -2.24. The van der Waals surface area contributed by atoms with Crippen molar-refractivity contribution in [3.8, 4) is 11.5 Å². The van der Waals surface area contributed by atoms with Crippen LogP contribution in [0, 0.1) is 0 Å². The first-order valence-corrected chi connectivity index (χ1v) is 7.80. The van der Waals surface area contributed by atoms with Gasteiger partial charge in [0.05, 0.1) is 27.2 Å². The van der Waals surface area contributed by atoms with Gasteiger partial charge in [0.1, 0.15) is 0 Å². The summed E-state index contributed by atoms with van der Waals surface area (Å²) in [4.78, 5) is 26.4. The van der Waals surface area contributed by atoms with E-state index in [1.165, 1.54) is 0 Å². The van der Waals surface area contributed by atoms with Crippen molar-refractivity contribution in [2.45, 2.75) is 19.9 Å². The molecule has 0 aliphatic heterocycles. The molecule has 1 aromatic rings. The molecule has 0 fully saturated rings. The van der Waals surface area contributed by atoms with E-state index < -0.39 is 5.97 Å². The SMILES string of the molecule is CCN(Cc1ccc(OC)c(OC)c1)C(=O)CN(C)CCC(=O)O. The van der Waals surface area contributed by atoms with Crippen molar-refractivity contribution < 1.29 is 24.2 Å². The largest absolute Gasteiger partial charge is 0.493 e. The smallest absolute Gasteiger partial charge is 0.304 e. The van der Waals surface area contributed by atoms with E-state index in [1.54, 1.807) is 31.1 Å². The third-order valence-corrected chi connectivity index (χ3v) is 3.67. The van der Waals surface area contributed by atoms with Gasteiger partial charge in [-0.2, -0.15) is 0 Å². The van der Waals surface area contributed by atoms with E-state index in [4.69, 9.17) is 14.6 Å². The van der Waals surface area contributed by atoms with Crippen molar-refractivity contribution in [2.24, 2.45) is 0 Å². The number of ether oxygens (including phenoxy) is 2. The number of amides is 1. The highest BCUT2D eigenvalue weighted by molar-refractivity contribution is 5.78. The summed E-state index contributed by atoms with van der Waals surface area (Å²) in [5, 5.41) is 8.69. The molecular formula is C17H26N2O5. The van der Waals surface area contributed by atoms with Crippen LogP contribution in [0.25, 0.3) is 0 Å². The number of likely N-dealkylation sites (N-methyl/N-ethyl adjacent to an activating group) is 2. The quantitative estimate of drug-likeness (QED) is 0.696. The van der Waals surface area contributed by atoms with Crippen LogP contribution in [0.15, 0.2) is 18.2 Å². The molecule has 0 radical (unpaired) electrons. The lowest BCUT2D eigenvalue weighted by atomic mass is 10.2. The van der Waals surface area contributed by atoms with Gasteiger partial charge in [-0.05, 0) is 31.7 Å². The molecule has 1 N–H and O–H groups in total. The van der Waals surface area contributed by atoms with Crippen LogP contribution in [0.2, 0.25) is 0 Å². The first-order chi connectivity index (χ1) is 11.4. The molecule has 0 aliphatic carbocycles. The number of carbonyl (C=O) groups is 2. The first kappa shape index (κ1) is 19.8. The predicted molar refractivity (Wildman–Crippen MR) is 90.4 cm³/mol. The minimum Gasteiger partial charge on any atom is -0.493 e. The highest BCUT2D eigenvalue weighted by Gasteiger charge is 2.16. The van der Waals surface area contributed by atoms with E-state index in [2.05, 4.69) is 0 Å². The van der Waals surface area contributed by atoms with Crippen LogP contribution in [-0.2, 0) is 16.1 Å². The average molecular weight is 338 g/mol. The van der Waals surface area contributed by atoms with E-state index in [9.17, 15) is 9.59 Å². The third-order valence-electron chi connectivity index (χ3n) is 3.67. The van der Waals surface area contributed by atoms with Gasteiger partial charge >= 0.3 is 5.97 Å². The molecule has 134 valence electrons. The minimum atomic E-state index is -0.869. The van der Waals surface area contributed by atoms with Crippen molar-refractivity contribution in [3.63, 3.8) is 0 Å². The van der Waals surface area contributed by atoms with Crippen LogP contribution in [-0.4, -0.2) is 67.7 Å². The van der Waals surface area contributed by atoms with Gasteiger partial charge in [0.25, 0.3) is 0 Å². The maximum absolute atomic E-state index is 12.4. The molecule has 0 aromatic heterocycles. The molecule has 0 heterocycles. The van der Waals surface area contributed by atoms with Gasteiger partial charge in [-0.25, -0.2) is 0 Å². The zero-order chi connectivity index (χ0) is 18.1. The van der Waals surface area contributed by atoms with E-state index in [1.807, 2.05) is 25.1 Å². The number of rotatable bonds is 10. The molecule has 0 unspecified atom stereocenters. The number of carboxylic acids is 1. The zero-order valence-electron chi connectivity index (χ0n) is 14.7. The third kappa shape index (κ3) is 6.08. The standard InChI is InChI=1S/C17H26N2O5/c1-5-19(16(20)12-18(2)9-8-17(21)22)11-13-6-7-14(23-3)15(10-13)24-4/h6-7,10H,5,8-9,11-12H2,1-4H3,(H,21,22). The maximum Gasteiger partial charge on any atom is 0.304 e. The molecule has 1 rings (SSSR count). The maximum atomic E-state index is 12.4. The van der Waals surface area contributed by atoms with E-state index in [0.717, 1.165) is 5.56 Å². The molecular weight excluding hydrogens is 312 g/mol. The Labute approximate surface area is 142 Å². The monoisotopic (exact) mass is 338 g/mol. The highest BCUT2D eigenvalue weighted by Crippen LogP contribution is 2.28. The van der Waals surface area contributed by atoms with Crippen molar-refractivity contribution >= 4 is 11.9 Å². The number of carbonyl (C=O) groups excluding carboxylic acids is 1. The summed E-state index contributed by atoms with van der Waals surface area (Å²) in [5.41, 5.74) is 0.941. The molecule has 1 amide bonds. The number of hydrogen-bond donors (Lipinski definition) is 1. The Morgan fingerprint density at radius 3 is 2.38 bits per heavy atom. The number of aliphatic carboxylic acids is 1. The van der Waals surface area contributed by atoms with Gasteiger partial charge < -0.3 is 19.5 Å².